The van der Waals surface area contributed by atoms with Crippen molar-refractivity contribution in [2.45, 2.75) is 11.5 Å². The summed E-state index contributed by atoms with van der Waals surface area (Å²) in [5.41, 5.74) is 1.14. The molecule has 2 amide bonds. The summed E-state index contributed by atoms with van der Waals surface area (Å²) in [5.74, 6) is 3.48. The van der Waals surface area contributed by atoms with E-state index >= 15 is 0 Å². The van der Waals surface area contributed by atoms with Crippen LogP contribution in [-0.2, 0) is 11.5 Å². The Morgan fingerprint density at radius 2 is 1.13 bits per heavy atom. The first-order valence-corrected chi connectivity index (χ1v) is 13.7. The van der Waals surface area contributed by atoms with Gasteiger partial charge >= 0.3 is 0 Å². The topological polar surface area (TPSA) is 58.2 Å². The van der Waals surface area contributed by atoms with Gasteiger partial charge < -0.3 is 10.6 Å². The van der Waals surface area contributed by atoms with E-state index in [1.54, 1.807) is 70.5 Å². The molecule has 0 saturated heterocycles. The lowest BCUT2D eigenvalue weighted by Crippen LogP contribution is -2.27. The standard InChI is InChI=1S/C22H24N2O2S4/c25-21(23-9-13-27-15-19-3-1-11-29-19)17-5-7-18(8-6-17)22(26)24-10-14-28-16-20-4-2-12-30-20/h1-8,11-12H,9-10,13-16H2,(H,23,25)(H,24,26). The molecule has 0 aliphatic carbocycles. The predicted molar refractivity (Wildman–Crippen MR) is 132 cm³/mol. The van der Waals surface area contributed by atoms with Crippen molar-refractivity contribution in [2.75, 3.05) is 24.6 Å². The van der Waals surface area contributed by atoms with E-state index in [2.05, 4.69) is 45.7 Å². The fourth-order valence-electron chi connectivity index (χ4n) is 2.59. The van der Waals surface area contributed by atoms with Crippen molar-refractivity contribution in [1.82, 2.24) is 10.6 Å². The zero-order valence-corrected chi connectivity index (χ0v) is 19.7. The first kappa shape index (κ1) is 22.9. The Morgan fingerprint density at radius 1 is 0.700 bits per heavy atom. The van der Waals surface area contributed by atoms with E-state index in [0.29, 0.717) is 24.2 Å². The molecular formula is C22H24N2O2S4. The second-order valence-corrected chi connectivity index (χ2v) is 10.6. The molecule has 8 heteroatoms. The van der Waals surface area contributed by atoms with Gasteiger partial charge in [0.25, 0.3) is 11.8 Å². The molecule has 4 nitrogen and oxygen atoms in total. The van der Waals surface area contributed by atoms with Gasteiger partial charge in [0.05, 0.1) is 0 Å². The quantitative estimate of drug-likeness (QED) is 0.356. The molecule has 3 aromatic rings. The fraction of sp³-hybridized carbons (Fsp3) is 0.273. The average Bonchev–Trinajstić information content (AvgIpc) is 3.47. The third kappa shape index (κ3) is 7.83. The maximum Gasteiger partial charge on any atom is 0.251 e. The zero-order valence-electron chi connectivity index (χ0n) is 16.5. The number of hydrogen-bond acceptors (Lipinski definition) is 6. The Bertz CT molecular complexity index is 819. The van der Waals surface area contributed by atoms with Gasteiger partial charge in [-0.3, -0.25) is 9.59 Å². The fourth-order valence-corrected chi connectivity index (χ4v) is 5.98. The highest BCUT2D eigenvalue weighted by molar-refractivity contribution is 7.98. The summed E-state index contributed by atoms with van der Waals surface area (Å²) < 4.78 is 0. The molecule has 30 heavy (non-hydrogen) atoms. The summed E-state index contributed by atoms with van der Waals surface area (Å²) in [7, 11) is 0. The van der Waals surface area contributed by atoms with Gasteiger partial charge in [0, 0.05) is 57.0 Å². The minimum atomic E-state index is -0.108. The monoisotopic (exact) mass is 476 g/mol. The molecule has 2 aromatic heterocycles. The Kier molecular flexibility index (Phi) is 9.82. The highest BCUT2D eigenvalue weighted by atomic mass is 32.2. The number of thiophene rings is 2. The molecule has 0 saturated carbocycles. The van der Waals surface area contributed by atoms with Crippen molar-refractivity contribution in [3.63, 3.8) is 0 Å². The summed E-state index contributed by atoms with van der Waals surface area (Å²) in [5, 5.41) is 10.0. The van der Waals surface area contributed by atoms with Crippen LogP contribution in [0.25, 0.3) is 0 Å². The van der Waals surface area contributed by atoms with Crippen molar-refractivity contribution >= 4 is 58.0 Å². The highest BCUT2D eigenvalue weighted by Gasteiger charge is 2.08. The Hall–Kier alpha value is -1.74. The van der Waals surface area contributed by atoms with Crippen LogP contribution < -0.4 is 10.6 Å². The number of amides is 2. The van der Waals surface area contributed by atoms with Gasteiger partial charge in [0.1, 0.15) is 0 Å². The number of hydrogen-bond donors (Lipinski definition) is 2. The van der Waals surface area contributed by atoms with Gasteiger partial charge in [-0.1, -0.05) is 12.1 Å². The van der Waals surface area contributed by atoms with Crippen molar-refractivity contribution < 1.29 is 9.59 Å². The van der Waals surface area contributed by atoms with Crippen molar-refractivity contribution in [1.29, 1.82) is 0 Å². The van der Waals surface area contributed by atoms with Gasteiger partial charge in [-0.05, 0) is 47.2 Å². The summed E-state index contributed by atoms with van der Waals surface area (Å²) in [4.78, 5) is 27.2. The van der Waals surface area contributed by atoms with Crippen LogP contribution in [0.4, 0.5) is 0 Å². The van der Waals surface area contributed by atoms with Gasteiger partial charge in [-0.25, -0.2) is 0 Å². The molecule has 1 aromatic carbocycles. The zero-order chi connectivity index (χ0) is 21.0. The molecule has 2 heterocycles. The number of rotatable bonds is 12. The van der Waals surface area contributed by atoms with E-state index < -0.39 is 0 Å². The molecule has 0 atom stereocenters. The summed E-state index contributed by atoms with van der Waals surface area (Å²) >= 11 is 7.12. The van der Waals surface area contributed by atoms with Gasteiger partial charge in [-0.2, -0.15) is 23.5 Å². The number of carbonyl (C=O) groups is 2. The van der Waals surface area contributed by atoms with Crippen LogP contribution in [-0.4, -0.2) is 36.4 Å². The smallest absolute Gasteiger partial charge is 0.251 e. The summed E-state index contributed by atoms with van der Waals surface area (Å²) in [6, 6.07) is 15.2. The largest absolute Gasteiger partial charge is 0.351 e. The average molecular weight is 477 g/mol. The molecule has 0 aliphatic rings. The molecule has 0 unspecified atom stereocenters. The minimum absolute atomic E-state index is 0.108. The number of carbonyl (C=O) groups excluding carboxylic acids is 2. The van der Waals surface area contributed by atoms with Gasteiger partial charge in [0.2, 0.25) is 0 Å². The van der Waals surface area contributed by atoms with E-state index in [1.807, 2.05) is 0 Å². The predicted octanol–water partition coefficient (Wildman–Crippen LogP) is 5.14. The third-order valence-corrected chi connectivity index (χ3v) is 8.26. The van der Waals surface area contributed by atoms with Crippen molar-refractivity contribution in [2.24, 2.45) is 0 Å². The molecular weight excluding hydrogens is 453 g/mol. The maximum atomic E-state index is 12.2. The lowest BCUT2D eigenvalue weighted by atomic mass is 10.1. The van der Waals surface area contributed by atoms with Crippen LogP contribution in [0, 0.1) is 0 Å². The SMILES string of the molecule is O=C(NCCSCc1cccs1)c1ccc(C(=O)NCCSCc2cccs2)cc1. The molecule has 0 spiro atoms. The summed E-state index contributed by atoms with van der Waals surface area (Å²) in [6.45, 7) is 1.25. The van der Waals surface area contributed by atoms with Crippen LogP contribution in [0.15, 0.2) is 59.3 Å². The Labute approximate surface area is 193 Å². The molecule has 0 aliphatic heterocycles. The number of benzene rings is 1. The van der Waals surface area contributed by atoms with Crippen molar-refractivity contribution in [3.05, 3.63) is 80.2 Å². The molecule has 3 rings (SSSR count). The Balaban J connectivity index is 1.30. The lowest BCUT2D eigenvalue weighted by Gasteiger charge is -2.07. The first-order chi connectivity index (χ1) is 14.7. The van der Waals surface area contributed by atoms with E-state index in [-0.39, 0.29) is 11.8 Å². The summed E-state index contributed by atoms with van der Waals surface area (Å²) in [6.07, 6.45) is 0. The van der Waals surface area contributed by atoms with Gasteiger partial charge in [-0.15, -0.1) is 22.7 Å². The van der Waals surface area contributed by atoms with E-state index in [9.17, 15) is 9.59 Å². The van der Waals surface area contributed by atoms with Crippen LogP contribution in [0.5, 0.6) is 0 Å². The van der Waals surface area contributed by atoms with Crippen molar-refractivity contribution in [3.8, 4) is 0 Å². The van der Waals surface area contributed by atoms with E-state index in [4.69, 9.17) is 0 Å². The second-order valence-electron chi connectivity index (χ2n) is 6.35. The highest BCUT2D eigenvalue weighted by Crippen LogP contribution is 2.17. The van der Waals surface area contributed by atoms with Crippen LogP contribution in [0.2, 0.25) is 0 Å². The first-order valence-electron chi connectivity index (χ1n) is 9.59. The molecule has 158 valence electrons. The van der Waals surface area contributed by atoms with E-state index in [1.165, 1.54) is 9.75 Å². The molecule has 0 bridgehead atoms. The molecule has 0 radical (unpaired) electrons. The van der Waals surface area contributed by atoms with Crippen LogP contribution in [0.1, 0.15) is 30.5 Å². The minimum Gasteiger partial charge on any atom is -0.351 e. The second kappa shape index (κ2) is 12.8. The molecule has 2 N–H and O–H groups in total. The maximum absolute atomic E-state index is 12.2. The third-order valence-electron chi connectivity index (χ3n) is 4.12. The lowest BCUT2D eigenvalue weighted by molar-refractivity contribution is 0.0944. The molecule has 0 fully saturated rings. The normalized spacial score (nSPS) is 10.7. The number of nitrogens with one attached hydrogen (secondary N) is 2. The van der Waals surface area contributed by atoms with Crippen LogP contribution in [0.3, 0.4) is 0 Å². The number of thioether (sulfide) groups is 2. The van der Waals surface area contributed by atoms with E-state index in [0.717, 1.165) is 23.0 Å². The van der Waals surface area contributed by atoms with Crippen LogP contribution >= 0.6 is 46.2 Å². The Morgan fingerprint density at radius 3 is 1.50 bits per heavy atom. The van der Waals surface area contributed by atoms with Gasteiger partial charge in [0.15, 0.2) is 0 Å².